The SMILES string of the molecule is CCOc1cccc(C(=O)N2CC(O)CC2C(=O)NCc2cnn(C)c2)c1. The van der Waals surface area contributed by atoms with Crippen LogP contribution in [0.1, 0.15) is 29.3 Å². The van der Waals surface area contributed by atoms with Crippen molar-refractivity contribution in [3.63, 3.8) is 0 Å². The molecule has 0 aliphatic carbocycles. The van der Waals surface area contributed by atoms with Crippen LogP contribution in [0, 0.1) is 0 Å². The molecule has 0 spiro atoms. The van der Waals surface area contributed by atoms with Crippen molar-refractivity contribution in [1.29, 1.82) is 0 Å². The van der Waals surface area contributed by atoms with Gasteiger partial charge in [-0.25, -0.2) is 0 Å². The smallest absolute Gasteiger partial charge is 0.254 e. The van der Waals surface area contributed by atoms with Gasteiger partial charge in [-0.1, -0.05) is 6.07 Å². The van der Waals surface area contributed by atoms with E-state index in [1.54, 1.807) is 42.2 Å². The van der Waals surface area contributed by atoms with Crippen molar-refractivity contribution in [2.45, 2.75) is 32.0 Å². The Labute approximate surface area is 157 Å². The number of aromatic nitrogens is 2. The molecule has 2 aromatic rings. The molecule has 144 valence electrons. The summed E-state index contributed by atoms with van der Waals surface area (Å²) in [5, 5.41) is 16.9. The molecule has 8 heteroatoms. The van der Waals surface area contributed by atoms with E-state index in [9.17, 15) is 14.7 Å². The molecule has 27 heavy (non-hydrogen) atoms. The van der Waals surface area contributed by atoms with Crippen molar-refractivity contribution in [1.82, 2.24) is 20.0 Å². The van der Waals surface area contributed by atoms with E-state index in [1.165, 1.54) is 4.90 Å². The van der Waals surface area contributed by atoms with E-state index < -0.39 is 12.1 Å². The molecular formula is C19H24N4O4. The predicted octanol–water partition coefficient (Wildman–Crippen LogP) is 0.711. The molecule has 2 heterocycles. The molecule has 1 aliphatic rings. The lowest BCUT2D eigenvalue weighted by atomic mass is 10.1. The van der Waals surface area contributed by atoms with Crippen molar-refractivity contribution in [3.05, 3.63) is 47.8 Å². The average molecular weight is 372 g/mol. The zero-order valence-electron chi connectivity index (χ0n) is 15.5. The highest BCUT2D eigenvalue weighted by molar-refractivity contribution is 5.98. The molecule has 0 bridgehead atoms. The van der Waals surface area contributed by atoms with E-state index in [0.717, 1.165) is 5.56 Å². The van der Waals surface area contributed by atoms with Crippen molar-refractivity contribution in [2.24, 2.45) is 7.05 Å². The van der Waals surface area contributed by atoms with Crippen LogP contribution >= 0.6 is 0 Å². The predicted molar refractivity (Wildman–Crippen MR) is 98.1 cm³/mol. The van der Waals surface area contributed by atoms with Gasteiger partial charge >= 0.3 is 0 Å². The number of nitrogens with one attached hydrogen (secondary N) is 1. The molecule has 2 N–H and O–H groups in total. The number of carbonyl (C=O) groups excluding carboxylic acids is 2. The summed E-state index contributed by atoms with van der Waals surface area (Å²) in [6, 6.07) is 6.14. The van der Waals surface area contributed by atoms with Gasteiger partial charge in [0.2, 0.25) is 5.91 Å². The Morgan fingerprint density at radius 2 is 2.22 bits per heavy atom. The van der Waals surface area contributed by atoms with Crippen molar-refractivity contribution in [3.8, 4) is 5.75 Å². The maximum atomic E-state index is 12.9. The lowest BCUT2D eigenvalue weighted by Gasteiger charge is -2.24. The molecule has 1 aliphatic heterocycles. The van der Waals surface area contributed by atoms with E-state index in [1.807, 2.05) is 13.1 Å². The highest BCUT2D eigenvalue weighted by Gasteiger charge is 2.39. The number of hydrogen-bond donors (Lipinski definition) is 2. The van der Waals surface area contributed by atoms with E-state index in [2.05, 4.69) is 10.4 Å². The van der Waals surface area contributed by atoms with Crippen LogP contribution in [-0.4, -0.2) is 56.9 Å². The van der Waals surface area contributed by atoms with Crippen LogP contribution in [-0.2, 0) is 18.4 Å². The Morgan fingerprint density at radius 1 is 1.41 bits per heavy atom. The maximum absolute atomic E-state index is 12.9. The number of aliphatic hydroxyl groups excluding tert-OH is 1. The van der Waals surface area contributed by atoms with Gasteiger partial charge in [-0.2, -0.15) is 5.10 Å². The Kier molecular flexibility index (Phi) is 5.75. The molecule has 1 fully saturated rings. The van der Waals surface area contributed by atoms with Crippen molar-refractivity contribution in [2.75, 3.05) is 13.2 Å². The first-order valence-electron chi connectivity index (χ1n) is 8.95. The standard InChI is InChI=1S/C19H24N4O4/c1-3-27-16-6-4-5-14(7-16)19(26)23-12-15(24)8-17(23)18(25)20-9-13-10-21-22(2)11-13/h4-7,10-11,15,17,24H,3,8-9,12H2,1-2H3,(H,20,25). The number of β-amino-alcohol motifs (C(OH)–C–C–N with tert-alkyl or cyclic N) is 1. The summed E-state index contributed by atoms with van der Waals surface area (Å²) < 4.78 is 7.09. The monoisotopic (exact) mass is 372 g/mol. The molecule has 2 unspecified atom stereocenters. The fourth-order valence-electron chi connectivity index (χ4n) is 3.21. The van der Waals surface area contributed by atoms with Gasteiger partial charge in [-0.3, -0.25) is 14.3 Å². The minimum Gasteiger partial charge on any atom is -0.494 e. The third-order valence-corrected chi connectivity index (χ3v) is 4.46. The number of hydrogen-bond acceptors (Lipinski definition) is 5. The first kappa shape index (κ1) is 18.9. The molecule has 0 saturated carbocycles. The van der Waals surface area contributed by atoms with Gasteiger partial charge in [0.05, 0.1) is 18.9 Å². The number of aliphatic hydroxyl groups is 1. The zero-order chi connectivity index (χ0) is 19.4. The van der Waals surface area contributed by atoms with E-state index in [-0.39, 0.29) is 24.8 Å². The van der Waals surface area contributed by atoms with Gasteiger partial charge < -0.3 is 20.1 Å². The molecular weight excluding hydrogens is 348 g/mol. The number of rotatable bonds is 6. The summed E-state index contributed by atoms with van der Waals surface area (Å²) >= 11 is 0. The van der Waals surface area contributed by atoms with Crippen LogP contribution in [0.5, 0.6) is 5.75 Å². The van der Waals surface area contributed by atoms with Crippen LogP contribution in [0.4, 0.5) is 0 Å². The fraction of sp³-hybridized carbons (Fsp3) is 0.421. The molecule has 1 aromatic heterocycles. The third-order valence-electron chi connectivity index (χ3n) is 4.46. The number of carbonyl (C=O) groups is 2. The Balaban J connectivity index is 1.70. The highest BCUT2D eigenvalue weighted by atomic mass is 16.5. The quantitative estimate of drug-likeness (QED) is 0.779. The summed E-state index contributed by atoms with van der Waals surface area (Å²) in [4.78, 5) is 27.0. The Morgan fingerprint density at radius 3 is 2.93 bits per heavy atom. The summed E-state index contributed by atoms with van der Waals surface area (Å²) in [5.41, 5.74) is 1.30. The number of nitrogens with zero attached hydrogens (tertiary/aromatic N) is 3. The van der Waals surface area contributed by atoms with Crippen LogP contribution < -0.4 is 10.1 Å². The van der Waals surface area contributed by atoms with Gasteiger partial charge in [0.25, 0.3) is 5.91 Å². The second-order valence-electron chi connectivity index (χ2n) is 6.56. The topological polar surface area (TPSA) is 96.7 Å². The number of likely N-dealkylation sites (tertiary alicyclic amines) is 1. The number of ether oxygens (including phenoxy) is 1. The van der Waals surface area contributed by atoms with Gasteiger partial charge in [0.1, 0.15) is 11.8 Å². The average Bonchev–Trinajstić information content (AvgIpc) is 3.25. The summed E-state index contributed by atoms with van der Waals surface area (Å²) in [6.45, 7) is 2.82. The van der Waals surface area contributed by atoms with Crippen molar-refractivity contribution >= 4 is 11.8 Å². The fourth-order valence-corrected chi connectivity index (χ4v) is 3.21. The molecule has 3 rings (SSSR count). The summed E-state index contributed by atoms with van der Waals surface area (Å²) in [7, 11) is 1.80. The molecule has 1 saturated heterocycles. The van der Waals surface area contributed by atoms with Crippen LogP contribution in [0.15, 0.2) is 36.7 Å². The van der Waals surface area contributed by atoms with Crippen molar-refractivity contribution < 1.29 is 19.4 Å². The van der Waals surface area contributed by atoms with E-state index in [4.69, 9.17) is 4.74 Å². The van der Waals surface area contributed by atoms with Gasteiger partial charge in [0.15, 0.2) is 0 Å². The van der Waals surface area contributed by atoms with Gasteiger partial charge in [-0.15, -0.1) is 0 Å². The first-order valence-corrected chi connectivity index (χ1v) is 8.95. The van der Waals surface area contributed by atoms with Crippen LogP contribution in [0.3, 0.4) is 0 Å². The number of aryl methyl sites for hydroxylation is 1. The van der Waals surface area contributed by atoms with Gasteiger partial charge in [0, 0.05) is 43.9 Å². The van der Waals surface area contributed by atoms with E-state index >= 15 is 0 Å². The summed E-state index contributed by atoms with van der Waals surface area (Å²) in [6.07, 6.45) is 2.98. The number of benzene rings is 1. The molecule has 2 amide bonds. The molecule has 2 atom stereocenters. The van der Waals surface area contributed by atoms with E-state index in [0.29, 0.717) is 24.5 Å². The first-order chi connectivity index (χ1) is 13.0. The lowest BCUT2D eigenvalue weighted by molar-refractivity contribution is -0.125. The second kappa shape index (κ2) is 8.22. The Hall–Kier alpha value is -2.87. The summed E-state index contributed by atoms with van der Waals surface area (Å²) in [5.74, 6) is 0.0139. The second-order valence-corrected chi connectivity index (χ2v) is 6.56. The van der Waals surface area contributed by atoms with Gasteiger partial charge in [-0.05, 0) is 25.1 Å². The highest BCUT2D eigenvalue weighted by Crippen LogP contribution is 2.23. The normalized spacial score (nSPS) is 19.1. The largest absolute Gasteiger partial charge is 0.494 e. The Bertz CT molecular complexity index is 820. The van der Waals surface area contributed by atoms with Crippen LogP contribution in [0.25, 0.3) is 0 Å². The van der Waals surface area contributed by atoms with Crippen LogP contribution in [0.2, 0.25) is 0 Å². The third kappa shape index (κ3) is 4.46. The maximum Gasteiger partial charge on any atom is 0.254 e. The zero-order valence-corrected chi connectivity index (χ0v) is 15.5. The lowest BCUT2D eigenvalue weighted by Crippen LogP contribution is -2.45. The number of amides is 2. The molecule has 8 nitrogen and oxygen atoms in total. The minimum atomic E-state index is -0.724. The molecule has 1 aromatic carbocycles. The molecule has 0 radical (unpaired) electrons. The minimum absolute atomic E-state index is 0.128.